The second-order valence-corrected chi connectivity index (χ2v) is 9.00. The molecule has 1 saturated carbocycles. The van der Waals surface area contributed by atoms with Crippen LogP contribution in [-0.4, -0.2) is 26.9 Å². The standard InChI is InChI=1S/C23H24FN3O2S/c1-13-6-14(8-16(25)7-13)18-4-5-26-11-15(18)9-22(29)21-12-30-23(27-21)19-10-17(28)2-3-20(19)24/h2-5,10-14,16,28H,6-9,25H2,1H3/t13-,14+,16-/m0/s1. The van der Waals surface area contributed by atoms with Crippen molar-refractivity contribution in [3.63, 3.8) is 0 Å². The summed E-state index contributed by atoms with van der Waals surface area (Å²) in [4.78, 5) is 21.5. The molecule has 3 N–H and O–H groups in total. The highest BCUT2D eigenvalue weighted by atomic mass is 32.1. The number of thiazole rings is 1. The molecule has 1 fully saturated rings. The molecule has 30 heavy (non-hydrogen) atoms. The highest BCUT2D eigenvalue weighted by Crippen LogP contribution is 2.37. The second-order valence-electron chi connectivity index (χ2n) is 8.15. The van der Waals surface area contributed by atoms with Crippen LogP contribution in [0.5, 0.6) is 5.75 Å². The lowest BCUT2D eigenvalue weighted by Gasteiger charge is -2.32. The van der Waals surface area contributed by atoms with Gasteiger partial charge in [-0.15, -0.1) is 11.3 Å². The molecule has 0 amide bonds. The largest absolute Gasteiger partial charge is 0.508 e. The minimum absolute atomic E-state index is 0.0469. The summed E-state index contributed by atoms with van der Waals surface area (Å²) in [5.74, 6) is 0.198. The van der Waals surface area contributed by atoms with Gasteiger partial charge in [-0.25, -0.2) is 9.37 Å². The Balaban J connectivity index is 1.56. The smallest absolute Gasteiger partial charge is 0.186 e. The van der Waals surface area contributed by atoms with Crippen LogP contribution in [0.2, 0.25) is 0 Å². The zero-order valence-corrected chi connectivity index (χ0v) is 17.5. The number of pyridine rings is 1. The van der Waals surface area contributed by atoms with Crippen LogP contribution in [0.1, 0.15) is 53.7 Å². The normalized spacial score (nSPS) is 21.5. The van der Waals surface area contributed by atoms with E-state index in [0.717, 1.165) is 30.4 Å². The SMILES string of the molecule is C[C@@H]1C[C@H](N)C[C@H](c2ccncc2CC(=O)c2csc(-c3cc(O)ccc3F)n2)C1. The van der Waals surface area contributed by atoms with Crippen molar-refractivity contribution in [1.82, 2.24) is 9.97 Å². The van der Waals surface area contributed by atoms with E-state index >= 15 is 0 Å². The summed E-state index contributed by atoms with van der Waals surface area (Å²) in [5.41, 5.74) is 8.75. The Morgan fingerprint density at radius 1 is 1.30 bits per heavy atom. The Bertz CT molecular complexity index is 1060. The summed E-state index contributed by atoms with van der Waals surface area (Å²) in [6.07, 6.45) is 6.70. The van der Waals surface area contributed by atoms with Crippen LogP contribution < -0.4 is 5.73 Å². The van der Waals surface area contributed by atoms with E-state index in [9.17, 15) is 14.3 Å². The first-order valence-electron chi connectivity index (χ1n) is 10.1. The van der Waals surface area contributed by atoms with Crippen LogP contribution in [0.3, 0.4) is 0 Å². The average Bonchev–Trinajstić information content (AvgIpc) is 3.19. The number of hydrogen-bond donors (Lipinski definition) is 2. The van der Waals surface area contributed by atoms with Crippen molar-refractivity contribution in [2.75, 3.05) is 0 Å². The number of phenolic OH excluding ortho intramolecular Hbond substituents is 1. The first-order chi connectivity index (χ1) is 14.4. The van der Waals surface area contributed by atoms with Gasteiger partial charge in [-0.05, 0) is 66.5 Å². The minimum atomic E-state index is -0.488. The molecule has 0 radical (unpaired) electrons. The molecule has 5 nitrogen and oxygen atoms in total. The zero-order chi connectivity index (χ0) is 21.3. The molecule has 0 bridgehead atoms. The van der Waals surface area contributed by atoms with Gasteiger partial charge in [0, 0.05) is 35.8 Å². The van der Waals surface area contributed by atoms with E-state index in [-0.39, 0.29) is 29.6 Å². The van der Waals surface area contributed by atoms with Crippen molar-refractivity contribution in [2.24, 2.45) is 11.7 Å². The number of benzene rings is 1. The molecule has 0 unspecified atom stereocenters. The summed E-state index contributed by atoms with van der Waals surface area (Å²) in [5, 5.41) is 11.6. The van der Waals surface area contributed by atoms with E-state index in [1.54, 1.807) is 17.8 Å². The van der Waals surface area contributed by atoms with E-state index in [4.69, 9.17) is 5.73 Å². The van der Waals surface area contributed by atoms with E-state index < -0.39 is 5.82 Å². The summed E-state index contributed by atoms with van der Waals surface area (Å²) in [6.45, 7) is 2.22. The lowest BCUT2D eigenvalue weighted by Crippen LogP contribution is -2.31. The molecule has 1 aliphatic rings. The molecule has 0 spiro atoms. The number of aromatic nitrogens is 2. The Kier molecular flexibility index (Phi) is 5.92. The summed E-state index contributed by atoms with van der Waals surface area (Å²) >= 11 is 1.18. The molecule has 156 valence electrons. The maximum atomic E-state index is 14.1. The molecular weight excluding hydrogens is 401 g/mol. The van der Waals surface area contributed by atoms with Crippen LogP contribution in [0.4, 0.5) is 4.39 Å². The topological polar surface area (TPSA) is 89.1 Å². The highest BCUT2D eigenvalue weighted by molar-refractivity contribution is 7.13. The average molecular weight is 426 g/mol. The molecular formula is C23H24FN3O2S. The van der Waals surface area contributed by atoms with Crippen LogP contribution in [-0.2, 0) is 6.42 Å². The van der Waals surface area contributed by atoms with Gasteiger partial charge in [0.25, 0.3) is 0 Å². The van der Waals surface area contributed by atoms with Crippen molar-refractivity contribution >= 4 is 17.1 Å². The second kappa shape index (κ2) is 8.62. The fourth-order valence-electron chi connectivity index (χ4n) is 4.36. The molecule has 0 saturated heterocycles. The van der Waals surface area contributed by atoms with Gasteiger partial charge < -0.3 is 10.8 Å². The van der Waals surface area contributed by atoms with Crippen molar-refractivity contribution < 1.29 is 14.3 Å². The maximum absolute atomic E-state index is 14.1. The number of carbonyl (C=O) groups excluding carboxylic acids is 1. The number of phenols is 1. The number of Topliss-reactive ketones (excluding diaryl/α,β-unsaturated/α-hetero) is 1. The number of nitrogens with two attached hydrogens (primary N) is 1. The van der Waals surface area contributed by atoms with Gasteiger partial charge in [0.15, 0.2) is 5.78 Å². The maximum Gasteiger partial charge on any atom is 0.186 e. The Labute approximate surface area is 178 Å². The zero-order valence-electron chi connectivity index (χ0n) is 16.7. The summed E-state index contributed by atoms with van der Waals surface area (Å²) in [7, 11) is 0. The Morgan fingerprint density at radius 2 is 2.13 bits per heavy atom. The highest BCUT2D eigenvalue weighted by Gasteiger charge is 2.27. The van der Waals surface area contributed by atoms with Crippen LogP contribution in [0.15, 0.2) is 42.0 Å². The Hall–Kier alpha value is -2.64. The number of hydrogen-bond acceptors (Lipinski definition) is 6. The predicted molar refractivity (Wildman–Crippen MR) is 115 cm³/mol. The number of halogens is 1. The molecule has 4 rings (SSSR count). The van der Waals surface area contributed by atoms with Crippen molar-refractivity contribution in [1.29, 1.82) is 0 Å². The molecule has 0 aliphatic heterocycles. The van der Waals surface area contributed by atoms with Crippen LogP contribution in [0, 0.1) is 11.7 Å². The molecule has 1 aliphatic carbocycles. The fourth-order valence-corrected chi connectivity index (χ4v) is 5.20. The number of carbonyl (C=O) groups is 1. The van der Waals surface area contributed by atoms with Gasteiger partial charge in [-0.3, -0.25) is 9.78 Å². The Morgan fingerprint density at radius 3 is 2.93 bits per heavy atom. The summed E-state index contributed by atoms with van der Waals surface area (Å²) < 4.78 is 14.1. The summed E-state index contributed by atoms with van der Waals surface area (Å²) in [6, 6.07) is 5.95. The number of aromatic hydroxyl groups is 1. The third-order valence-electron chi connectivity index (χ3n) is 5.68. The van der Waals surface area contributed by atoms with E-state index in [2.05, 4.69) is 16.9 Å². The molecule has 3 atom stereocenters. The fraction of sp³-hybridized carbons (Fsp3) is 0.348. The lowest BCUT2D eigenvalue weighted by atomic mass is 9.75. The van der Waals surface area contributed by atoms with Gasteiger partial charge in [-0.2, -0.15) is 0 Å². The van der Waals surface area contributed by atoms with Gasteiger partial charge in [-0.1, -0.05) is 6.92 Å². The van der Waals surface area contributed by atoms with Gasteiger partial charge in [0.1, 0.15) is 22.3 Å². The molecule has 2 aromatic heterocycles. The third-order valence-corrected chi connectivity index (χ3v) is 6.56. The van der Waals surface area contributed by atoms with Gasteiger partial charge >= 0.3 is 0 Å². The van der Waals surface area contributed by atoms with Crippen molar-refractivity contribution in [3.8, 4) is 16.3 Å². The molecule has 1 aromatic carbocycles. The first kappa shape index (κ1) is 20.6. The van der Waals surface area contributed by atoms with Crippen molar-refractivity contribution in [3.05, 3.63) is 64.7 Å². The quantitative estimate of drug-likeness (QED) is 0.578. The van der Waals surface area contributed by atoms with E-state index in [1.807, 2.05) is 6.07 Å². The molecule has 7 heteroatoms. The molecule has 2 heterocycles. The lowest BCUT2D eigenvalue weighted by molar-refractivity contribution is 0.0988. The number of nitrogens with zero attached hydrogens (tertiary/aromatic N) is 2. The van der Waals surface area contributed by atoms with Crippen LogP contribution >= 0.6 is 11.3 Å². The molecule has 3 aromatic rings. The van der Waals surface area contributed by atoms with E-state index in [1.165, 1.54) is 29.5 Å². The number of rotatable bonds is 5. The monoisotopic (exact) mass is 425 g/mol. The number of ketones is 1. The van der Waals surface area contributed by atoms with Gasteiger partial charge in [0.05, 0.1) is 0 Å². The van der Waals surface area contributed by atoms with Gasteiger partial charge in [0.2, 0.25) is 0 Å². The first-order valence-corrected chi connectivity index (χ1v) is 10.9. The van der Waals surface area contributed by atoms with Crippen molar-refractivity contribution in [2.45, 2.75) is 44.6 Å². The third kappa shape index (κ3) is 4.42. The predicted octanol–water partition coefficient (Wildman–Crippen LogP) is 4.71. The van der Waals surface area contributed by atoms with E-state index in [0.29, 0.717) is 22.5 Å². The van der Waals surface area contributed by atoms with Crippen LogP contribution in [0.25, 0.3) is 10.6 Å². The minimum Gasteiger partial charge on any atom is -0.508 e.